The molecule has 0 saturated carbocycles. The molecule has 2 N–H and O–H groups in total. The van der Waals surface area contributed by atoms with E-state index in [0.29, 0.717) is 5.69 Å². The summed E-state index contributed by atoms with van der Waals surface area (Å²) in [5.74, 6) is 0.0257. The highest BCUT2D eigenvalue weighted by Gasteiger charge is 2.17. The van der Waals surface area contributed by atoms with Crippen LogP contribution in [0.15, 0.2) is 18.2 Å². The van der Waals surface area contributed by atoms with Crippen LogP contribution in [0, 0.1) is 3.57 Å². The van der Waals surface area contributed by atoms with Crippen molar-refractivity contribution in [2.45, 2.75) is 26.4 Å². The summed E-state index contributed by atoms with van der Waals surface area (Å²) in [7, 11) is 0. The monoisotopic (exact) mass is 335 g/mol. The number of anilines is 1. The summed E-state index contributed by atoms with van der Waals surface area (Å²) in [4.78, 5) is 11.4. The Labute approximate surface area is 108 Å². The van der Waals surface area contributed by atoms with Gasteiger partial charge in [-0.25, -0.2) is 4.79 Å². The molecule has 16 heavy (non-hydrogen) atoms. The third-order valence-corrected chi connectivity index (χ3v) is 2.27. The molecule has 0 aromatic heterocycles. The Morgan fingerprint density at radius 3 is 2.56 bits per heavy atom. The summed E-state index contributed by atoms with van der Waals surface area (Å²) in [6, 6.07) is 4.97. The molecular weight excluding hydrogens is 321 g/mol. The van der Waals surface area contributed by atoms with Gasteiger partial charge in [-0.05, 0) is 61.6 Å². The summed E-state index contributed by atoms with van der Waals surface area (Å²) < 4.78 is 5.96. The Kier molecular flexibility index (Phi) is 4.01. The van der Waals surface area contributed by atoms with Gasteiger partial charge in [0.25, 0.3) is 0 Å². The Hall–Kier alpha value is -0.980. The molecule has 1 aromatic carbocycles. The van der Waals surface area contributed by atoms with E-state index in [4.69, 9.17) is 4.74 Å². The van der Waals surface area contributed by atoms with E-state index in [1.807, 2.05) is 0 Å². The number of carbonyl (C=O) groups is 1. The number of phenolic OH excluding ortho intramolecular Hbond substituents is 1. The van der Waals surface area contributed by atoms with Crippen molar-refractivity contribution in [1.29, 1.82) is 0 Å². The van der Waals surface area contributed by atoms with Crippen LogP contribution in [-0.2, 0) is 4.74 Å². The summed E-state index contributed by atoms with van der Waals surface area (Å²) >= 11 is 2.07. The minimum atomic E-state index is -0.580. The molecule has 0 aliphatic rings. The fourth-order valence-corrected chi connectivity index (χ4v) is 1.50. The maximum absolute atomic E-state index is 11.4. The lowest BCUT2D eigenvalue weighted by atomic mass is 10.2. The minimum Gasteiger partial charge on any atom is -0.506 e. The number of hydrogen-bond acceptors (Lipinski definition) is 3. The molecule has 0 heterocycles. The normalized spacial score (nSPS) is 11.0. The van der Waals surface area contributed by atoms with Gasteiger partial charge < -0.3 is 9.84 Å². The highest BCUT2D eigenvalue weighted by Crippen LogP contribution is 2.25. The van der Waals surface area contributed by atoms with Gasteiger partial charge in [-0.3, -0.25) is 5.32 Å². The van der Waals surface area contributed by atoms with Crippen LogP contribution in [-0.4, -0.2) is 16.8 Å². The molecule has 5 heteroatoms. The summed E-state index contributed by atoms with van der Waals surface area (Å²) in [6.45, 7) is 5.33. The van der Waals surface area contributed by atoms with Crippen molar-refractivity contribution in [2.24, 2.45) is 0 Å². The smallest absolute Gasteiger partial charge is 0.412 e. The quantitative estimate of drug-likeness (QED) is 0.611. The van der Waals surface area contributed by atoms with Gasteiger partial charge in [0.2, 0.25) is 0 Å². The van der Waals surface area contributed by atoms with E-state index in [0.717, 1.165) is 3.57 Å². The number of halogens is 1. The summed E-state index contributed by atoms with van der Waals surface area (Å²) in [5.41, 5.74) is -0.210. The van der Waals surface area contributed by atoms with E-state index in [1.54, 1.807) is 39.0 Å². The van der Waals surface area contributed by atoms with Gasteiger partial charge in [-0.1, -0.05) is 0 Å². The average molecular weight is 335 g/mol. The third kappa shape index (κ3) is 4.26. The Balaban J connectivity index is 2.70. The highest BCUT2D eigenvalue weighted by atomic mass is 127. The molecule has 1 amide bonds. The highest BCUT2D eigenvalue weighted by molar-refractivity contribution is 14.1. The van der Waals surface area contributed by atoms with Gasteiger partial charge in [-0.2, -0.15) is 0 Å². The van der Waals surface area contributed by atoms with Crippen LogP contribution in [0.5, 0.6) is 5.75 Å². The van der Waals surface area contributed by atoms with Gasteiger partial charge >= 0.3 is 6.09 Å². The van der Waals surface area contributed by atoms with Crippen LogP contribution >= 0.6 is 22.6 Å². The number of carbonyl (C=O) groups excluding carboxylic acids is 1. The second-order valence-corrected chi connectivity index (χ2v) is 5.53. The van der Waals surface area contributed by atoms with Crippen molar-refractivity contribution >= 4 is 34.4 Å². The van der Waals surface area contributed by atoms with E-state index >= 15 is 0 Å². The number of aromatic hydroxyl groups is 1. The molecule has 1 aromatic rings. The van der Waals surface area contributed by atoms with Crippen LogP contribution in [0.25, 0.3) is 0 Å². The van der Waals surface area contributed by atoms with Gasteiger partial charge in [0, 0.05) is 3.57 Å². The number of benzene rings is 1. The predicted molar refractivity (Wildman–Crippen MR) is 70.7 cm³/mol. The fourth-order valence-electron chi connectivity index (χ4n) is 1.02. The van der Waals surface area contributed by atoms with Gasteiger partial charge in [0.05, 0.1) is 5.69 Å². The topological polar surface area (TPSA) is 58.6 Å². The molecule has 4 nitrogen and oxygen atoms in total. The lowest BCUT2D eigenvalue weighted by molar-refractivity contribution is 0.0635. The van der Waals surface area contributed by atoms with Crippen molar-refractivity contribution in [3.63, 3.8) is 0 Å². The first kappa shape index (κ1) is 13.1. The molecule has 0 aliphatic heterocycles. The molecule has 0 fully saturated rings. The number of nitrogens with one attached hydrogen (secondary N) is 1. The van der Waals surface area contributed by atoms with Crippen molar-refractivity contribution in [2.75, 3.05) is 5.32 Å². The number of hydrogen-bond donors (Lipinski definition) is 2. The van der Waals surface area contributed by atoms with Crippen molar-refractivity contribution in [3.05, 3.63) is 21.8 Å². The maximum Gasteiger partial charge on any atom is 0.412 e. The second kappa shape index (κ2) is 4.90. The van der Waals surface area contributed by atoms with Crippen molar-refractivity contribution in [3.8, 4) is 5.75 Å². The molecule has 0 atom stereocenters. The number of ether oxygens (including phenoxy) is 1. The van der Waals surface area contributed by atoms with Crippen LogP contribution < -0.4 is 5.32 Å². The SMILES string of the molecule is CC(C)(C)OC(=O)Nc1ccc(I)cc1O. The van der Waals surface area contributed by atoms with Crippen molar-refractivity contribution in [1.82, 2.24) is 0 Å². The first-order valence-corrected chi connectivity index (χ1v) is 5.84. The Bertz CT molecular complexity index is 399. The fraction of sp³-hybridized carbons (Fsp3) is 0.364. The standard InChI is InChI=1S/C11H14INO3/c1-11(2,3)16-10(15)13-8-5-4-7(12)6-9(8)14/h4-6,14H,1-3H3,(H,13,15). The van der Waals surface area contributed by atoms with E-state index in [2.05, 4.69) is 27.9 Å². The Morgan fingerprint density at radius 1 is 1.44 bits per heavy atom. The van der Waals surface area contributed by atoms with E-state index in [1.165, 1.54) is 0 Å². The summed E-state index contributed by atoms with van der Waals surface area (Å²) in [6.07, 6.45) is -0.580. The van der Waals surface area contributed by atoms with Crippen LogP contribution in [0.1, 0.15) is 20.8 Å². The van der Waals surface area contributed by atoms with E-state index < -0.39 is 11.7 Å². The van der Waals surface area contributed by atoms with Gasteiger partial charge in [0.15, 0.2) is 0 Å². The van der Waals surface area contributed by atoms with Crippen molar-refractivity contribution < 1.29 is 14.6 Å². The molecule has 88 valence electrons. The minimum absolute atomic E-state index is 0.0257. The largest absolute Gasteiger partial charge is 0.506 e. The zero-order chi connectivity index (χ0) is 12.3. The number of phenols is 1. The van der Waals surface area contributed by atoms with Crippen LogP contribution in [0.3, 0.4) is 0 Å². The molecule has 0 bridgehead atoms. The van der Waals surface area contributed by atoms with Crippen LogP contribution in [0.4, 0.5) is 10.5 Å². The molecular formula is C11H14INO3. The molecule has 0 aliphatic carbocycles. The molecule has 0 spiro atoms. The maximum atomic E-state index is 11.4. The van der Waals surface area contributed by atoms with Gasteiger partial charge in [0.1, 0.15) is 11.4 Å². The zero-order valence-corrected chi connectivity index (χ0v) is 11.5. The van der Waals surface area contributed by atoms with Crippen LogP contribution in [0.2, 0.25) is 0 Å². The molecule has 0 radical (unpaired) electrons. The third-order valence-electron chi connectivity index (χ3n) is 1.60. The number of amides is 1. The average Bonchev–Trinajstić information content (AvgIpc) is 2.06. The second-order valence-electron chi connectivity index (χ2n) is 4.29. The molecule has 0 saturated heterocycles. The lowest BCUT2D eigenvalue weighted by Gasteiger charge is -2.19. The molecule has 0 unspecified atom stereocenters. The molecule has 1 rings (SSSR count). The predicted octanol–water partition coefficient (Wildman–Crippen LogP) is 3.34. The lowest BCUT2D eigenvalue weighted by Crippen LogP contribution is -2.27. The number of rotatable bonds is 1. The Morgan fingerprint density at radius 2 is 2.06 bits per heavy atom. The van der Waals surface area contributed by atoms with E-state index in [-0.39, 0.29) is 5.75 Å². The van der Waals surface area contributed by atoms with E-state index in [9.17, 15) is 9.90 Å². The summed E-state index contributed by atoms with van der Waals surface area (Å²) in [5, 5.41) is 12.0. The first-order valence-electron chi connectivity index (χ1n) is 4.76. The van der Waals surface area contributed by atoms with Gasteiger partial charge in [-0.15, -0.1) is 0 Å². The first-order chi connectivity index (χ1) is 7.28. The zero-order valence-electron chi connectivity index (χ0n) is 9.37.